The fourth-order valence-corrected chi connectivity index (χ4v) is 6.04. The van der Waals surface area contributed by atoms with Crippen LogP contribution in [0.5, 0.6) is 0 Å². The van der Waals surface area contributed by atoms with Crippen LogP contribution in [0.1, 0.15) is 16.9 Å². The Kier molecular flexibility index (Phi) is 4.14. The van der Waals surface area contributed by atoms with Crippen LogP contribution in [0.25, 0.3) is 49.3 Å². The maximum absolute atomic E-state index is 4.68. The lowest BCUT2D eigenvalue weighted by Crippen LogP contribution is -2.15. The summed E-state index contributed by atoms with van der Waals surface area (Å²) in [5.41, 5.74) is 8.62. The molecule has 6 nitrogen and oxygen atoms in total. The molecule has 0 amide bonds. The van der Waals surface area contributed by atoms with Crippen molar-refractivity contribution in [3.63, 3.8) is 0 Å². The zero-order valence-electron chi connectivity index (χ0n) is 19.3. The average molecular weight is 465 g/mol. The lowest BCUT2D eigenvalue weighted by Gasteiger charge is -2.21. The van der Waals surface area contributed by atoms with E-state index in [9.17, 15) is 0 Å². The molecule has 1 saturated carbocycles. The van der Waals surface area contributed by atoms with E-state index in [0.29, 0.717) is 11.8 Å². The van der Waals surface area contributed by atoms with E-state index in [2.05, 4.69) is 87.5 Å². The first-order valence-electron chi connectivity index (χ1n) is 11.5. The summed E-state index contributed by atoms with van der Waals surface area (Å²) in [6, 6.07) is 8.73. The van der Waals surface area contributed by atoms with Crippen LogP contribution >= 0.6 is 11.3 Å². The molecule has 0 bridgehead atoms. The summed E-state index contributed by atoms with van der Waals surface area (Å²) >= 11 is 1.79. The molecule has 2 atom stereocenters. The minimum Gasteiger partial charge on any atom is -0.381 e. The van der Waals surface area contributed by atoms with Crippen molar-refractivity contribution in [3.8, 4) is 21.8 Å². The van der Waals surface area contributed by atoms with Gasteiger partial charge < -0.3 is 9.88 Å². The third-order valence-electron chi connectivity index (χ3n) is 7.00. The highest BCUT2D eigenvalue weighted by Gasteiger charge is 2.41. The summed E-state index contributed by atoms with van der Waals surface area (Å²) in [5, 5.41) is 9.89. The molecule has 7 rings (SSSR count). The van der Waals surface area contributed by atoms with Gasteiger partial charge in [0.2, 0.25) is 0 Å². The molecular weight excluding hydrogens is 440 g/mol. The smallest absolute Gasteiger partial charge is 0.181 e. The zero-order valence-corrected chi connectivity index (χ0v) is 20.1. The van der Waals surface area contributed by atoms with E-state index in [4.69, 9.17) is 0 Å². The molecule has 1 unspecified atom stereocenters. The van der Waals surface area contributed by atoms with Gasteiger partial charge >= 0.3 is 0 Å². The molecule has 0 spiro atoms. The van der Waals surface area contributed by atoms with Crippen molar-refractivity contribution in [2.75, 3.05) is 14.1 Å². The number of H-pyrrole nitrogens is 2. The number of aryl methyl sites for hydroxylation is 1. The third kappa shape index (κ3) is 3.04. The van der Waals surface area contributed by atoms with Crippen LogP contribution in [0.4, 0.5) is 0 Å². The molecule has 0 radical (unpaired) electrons. The molecule has 7 heteroatoms. The van der Waals surface area contributed by atoms with Crippen molar-refractivity contribution in [2.24, 2.45) is 11.8 Å². The number of aromatic amines is 2. The number of aromatic nitrogens is 5. The summed E-state index contributed by atoms with van der Waals surface area (Å²) in [4.78, 5) is 17.5. The fourth-order valence-electron chi connectivity index (χ4n) is 5.15. The standard InChI is InChI=1S/C27H24N6S/c1-14-4-5-25(34-14)21-12-28-13-23-19(21)10-22(30-23)26-20-8-17(11-29-27(20)32-31-26)15-6-16-7-18(16)24(9-15)33(2)3/h4-6,8-13,16,18,30H,7H2,1-3H3,(H,29,31,32)/t16-,18?/m1/s1. The maximum Gasteiger partial charge on any atom is 0.181 e. The highest BCUT2D eigenvalue weighted by Crippen LogP contribution is 2.50. The second-order valence-corrected chi connectivity index (χ2v) is 10.8. The van der Waals surface area contributed by atoms with Gasteiger partial charge in [0.25, 0.3) is 0 Å². The Bertz CT molecular complexity index is 1650. The molecule has 2 N–H and O–H groups in total. The highest BCUT2D eigenvalue weighted by molar-refractivity contribution is 7.15. The van der Waals surface area contributed by atoms with Crippen LogP contribution in [0.2, 0.25) is 0 Å². The quantitative estimate of drug-likeness (QED) is 0.341. The first kappa shape index (κ1) is 19.7. The molecule has 34 heavy (non-hydrogen) atoms. The van der Waals surface area contributed by atoms with Gasteiger partial charge in [0.05, 0.1) is 23.1 Å². The van der Waals surface area contributed by atoms with E-state index in [0.717, 1.165) is 44.5 Å². The van der Waals surface area contributed by atoms with Gasteiger partial charge in [-0.3, -0.25) is 10.1 Å². The number of pyridine rings is 2. The Morgan fingerprint density at radius 2 is 2.00 bits per heavy atom. The summed E-state index contributed by atoms with van der Waals surface area (Å²) in [6.07, 6.45) is 11.8. The number of hydrogen-bond donors (Lipinski definition) is 2. The monoisotopic (exact) mass is 464 g/mol. The summed E-state index contributed by atoms with van der Waals surface area (Å²) in [6.45, 7) is 2.13. The summed E-state index contributed by atoms with van der Waals surface area (Å²) in [5.74, 6) is 1.33. The highest BCUT2D eigenvalue weighted by atomic mass is 32.1. The molecular formula is C27H24N6S. The van der Waals surface area contributed by atoms with Crippen molar-refractivity contribution in [3.05, 3.63) is 71.1 Å². The van der Waals surface area contributed by atoms with E-state index < -0.39 is 0 Å². The van der Waals surface area contributed by atoms with Crippen molar-refractivity contribution in [2.45, 2.75) is 13.3 Å². The first-order chi connectivity index (χ1) is 16.5. The normalized spacial score (nSPS) is 19.3. The van der Waals surface area contributed by atoms with Gasteiger partial charge in [-0.15, -0.1) is 11.3 Å². The van der Waals surface area contributed by atoms with Crippen molar-refractivity contribution in [1.29, 1.82) is 0 Å². The number of allylic oxidation sites excluding steroid dienone is 4. The third-order valence-corrected chi connectivity index (χ3v) is 8.03. The lowest BCUT2D eigenvalue weighted by molar-refractivity contribution is 0.473. The van der Waals surface area contributed by atoms with Gasteiger partial charge in [0, 0.05) is 69.8 Å². The van der Waals surface area contributed by atoms with Crippen LogP contribution < -0.4 is 0 Å². The van der Waals surface area contributed by atoms with E-state index in [-0.39, 0.29) is 0 Å². The van der Waals surface area contributed by atoms with Crippen molar-refractivity contribution >= 4 is 38.8 Å². The molecule has 5 heterocycles. The molecule has 0 aliphatic heterocycles. The Labute approximate surface area is 201 Å². The Morgan fingerprint density at radius 1 is 1.09 bits per heavy atom. The predicted octanol–water partition coefficient (Wildman–Crippen LogP) is 6.02. The Hall–Kier alpha value is -3.71. The molecule has 2 aliphatic rings. The minimum atomic E-state index is 0.650. The van der Waals surface area contributed by atoms with Gasteiger partial charge in [0.1, 0.15) is 0 Å². The fraction of sp³-hybridized carbons (Fsp3) is 0.222. The largest absolute Gasteiger partial charge is 0.381 e. The van der Waals surface area contributed by atoms with E-state index in [1.807, 2.05) is 18.6 Å². The van der Waals surface area contributed by atoms with Crippen LogP contribution in [0.15, 0.2) is 60.7 Å². The van der Waals surface area contributed by atoms with Gasteiger partial charge in [0.15, 0.2) is 5.65 Å². The molecule has 0 saturated heterocycles. The second-order valence-electron chi connectivity index (χ2n) is 9.53. The van der Waals surface area contributed by atoms with E-state index in [1.54, 1.807) is 11.3 Å². The van der Waals surface area contributed by atoms with Crippen LogP contribution in [0.3, 0.4) is 0 Å². The number of thiophene rings is 1. The van der Waals surface area contributed by atoms with Crippen LogP contribution in [-0.2, 0) is 0 Å². The van der Waals surface area contributed by atoms with E-state index in [1.165, 1.54) is 27.4 Å². The first-order valence-corrected chi connectivity index (χ1v) is 12.4. The Balaban J connectivity index is 1.34. The minimum absolute atomic E-state index is 0.650. The van der Waals surface area contributed by atoms with E-state index >= 15 is 0 Å². The van der Waals surface area contributed by atoms with Gasteiger partial charge in [-0.1, -0.05) is 6.08 Å². The topological polar surface area (TPSA) is 73.5 Å². The zero-order chi connectivity index (χ0) is 23.0. The number of hydrogen-bond acceptors (Lipinski definition) is 5. The van der Waals surface area contributed by atoms with Crippen LogP contribution in [-0.4, -0.2) is 44.1 Å². The van der Waals surface area contributed by atoms with Crippen molar-refractivity contribution < 1.29 is 0 Å². The Morgan fingerprint density at radius 3 is 2.82 bits per heavy atom. The molecule has 5 aromatic heterocycles. The van der Waals surface area contributed by atoms with Gasteiger partial charge in [-0.2, -0.15) is 5.10 Å². The average Bonchev–Trinajstić information content (AvgIpc) is 3.14. The maximum atomic E-state index is 4.68. The van der Waals surface area contributed by atoms with Crippen LogP contribution in [0, 0.1) is 18.8 Å². The van der Waals surface area contributed by atoms with Gasteiger partial charge in [-0.05, 0) is 55.2 Å². The van der Waals surface area contributed by atoms with Gasteiger partial charge in [-0.25, -0.2) is 4.98 Å². The predicted molar refractivity (Wildman–Crippen MR) is 138 cm³/mol. The number of nitrogens with zero attached hydrogens (tertiary/aromatic N) is 4. The molecule has 2 aliphatic carbocycles. The molecule has 168 valence electrons. The second kappa shape index (κ2) is 7.14. The molecule has 5 aromatic rings. The summed E-state index contributed by atoms with van der Waals surface area (Å²) < 4.78 is 0. The number of nitrogens with one attached hydrogen (secondary N) is 2. The SMILES string of the molecule is Cc1ccc(-c2cncc3[nH]c(-c4[nH]nc5ncc(C6=C[C@@H]7CC7C(N(C)C)=C6)cc45)cc23)s1. The van der Waals surface area contributed by atoms with Crippen molar-refractivity contribution in [1.82, 2.24) is 30.0 Å². The number of fused-ring (bicyclic) bond motifs is 3. The summed E-state index contributed by atoms with van der Waals surface area (Å²) in [7, 11) is 4.27. The molecule has 1 fully saturated rings. The lowest BCUT2D eigenvalue weighted by atomic mass is 9.97. The molecule has 0 aromatic carbocycles. The number of rotatable bonds is 4.